The lowest BCUT2D eigenvalue weighted by Crippen LogP contribution is -2.07. The summed E-state index contributed by atoms with van der Waals surface area (Å²) in [6.07, 6.45) is 0. The first-order chi connectivity index (χ1) is 10.0. The Kier molecular flexibility index (Phi) is 4.19. The average molecular weight is 281 g/mol. The van der Waals surface area contributed by atoms with Crippen LogP contribution in [0.15, 0.2) is 42.5 Å². The number of nitrogens with zero attached hydrogens (tertiary/aromatic N) is 2. The summed E-state index contributed by atoms with van der Waals surface area (Å²) in [6, 6.07) is 14.2. The van der Waals surface area contributed by atoms with Crippen molar-refractivity contribution in [3.8, 4) is 6.07 Å². The maximum absolute atomic E-state index is 10.7. The Labute approximate surface area is 123 Å². The fourth-order valence-corrected chi connectivity index (χ4v) is 2.09. The number of benzene rings is 2. The zero-order chi connectivity index (χ0) is 15.4. The molecule has 0 aliphatic heterocycles. The molecular formula is C16H15N3O2. The molecule has 0 radical (unpaired) electrons. The second-order valence-corrected chi connectivity index (χ2v) is 4.86. The molecule has 1 N–H and O–H groups in total. The van der Waals surface area contributed by atoms with E-state index in [1.165, 1.54) is 6.07 Å². The van der Waals surface area contributed by atoms with E-state index in [4.69, 9.17) is 5.26 Å². The van der Waals surface area contributed by atoms with Gasteiger partial charge in [-0.25, -0.2) is 0 Å². The summed E-state index contributed by atoms with van der Waals surface area (Å²) >= 11 is 0. The van der Waals surface area contributed by atoms with Gasteiger partial charge in [0.1, 0.15) is 0 Å². The zero-order valence-corrected chi connectivity index (χ0v) is 11.8. The largest absolute Gasteiger partial charge is 0.378 e. The highest BCUT2D eigenvalue weighted by Gasteiger charge is 2.11. The molecule has 1 atom stereocenters. The number of rotatable bonds is 4. The molecule has 0 aliphatic rings. The number of nitro benzene ring substituents is 1. The van der Waals surface area contributed by atoms with Crippen LogP contribution in [-0.4, -0.2) is 4.92 Å². The van der Waals surface area contributed by atoms with E-state index in [1.807, 2.05) is 26.0 Å². The van der Waals surface area contributed by atoms with Gasteiger partial charge in [-0.3, -0.25) is 10.1 Å². The molecule has 0 saturated carbocycles. The van der Waals surface area contributed by atoms with Gasteiger partial charge in [-0.1, -0.05) is 12.1 Å². The van der Waals surface area contributed by atoms with E-state index in [2.05, 4.69) is 11.4 Å². The Bertz CT molecular complexity index is 702. The van der Waals surface area contributed by atoms with Crippen molar-refractivity contribution in [2.75, 3.05) is 5.32 Å². The van der Waals surface area contributed by atoms with Crippen LogP contribution in [-0.2, 0) is 0 Å². The molecule has 0 aliphatic carbocycles. The van der Waals surface area contributed by atoms with E-state index in [9.17, 15) is 10.1 Å². The average Bonchev–Trinajstić information content (AvgIpc) is 2.49. The van der Waals surface area contributed by atoms with Gasteiger partial charge in [0.2, 0.25) is 0 Å². The van der Waals surface area contributed by atoms with E-state index >= 15 is 0 Å². The summed E-state index contributed by atoms with van der Waals surface area (Å²) in [6.45, 7) is 3.84. The predicted molar refractivity (Wildman–Crippen MR) is 81.0 cm³/mol. The van der Waals surface area contributed by atoms with Gasteiger partial charge in [0.05, 0.1) is 16.6 Å². The lowest BCUT2D eigenvalue weighted by Gasteiger charge is -2.17. The number of nitriles is 1. The minimum absolute atomic E-state index is 0.0397. The molecular weight excluding hydrogens is 266 g/mol. The van der Waals surface area contributed by atoms with Crippen molar-refractivity contribution in [3.05, 3.63) is 69.3 Å². The summed E-state index contributed by atoms with van der Waals surface area (Å²) in [5, 5.41) is 22.8. The zero-order valence-electron chi connectivity index (χ0n) is 11.8. The van der Waals surface area contributed by atoms with E-state index in [1.54, 1.807) is 24.3 Å². The maximum Gasteiger partial charge on any atom is 0.269 e. The van der Waals surface area contributed by atoms with Crippen molar-refractivity contribution in [2.24, 2.45) is 0 Å². The molecule has 2 aromatic carbocycles. The van der Waals surface area contributed by atoms with Crippen molar-refractivity contribution in [1.29, 1.82) is 5.26 Å². The molecule has 2 rings (SSSR count). The van der Waals surface area contributed by atoms with Crippen LogP contribution in [0.2, 0.25) is 0 Å². The topological polar surface area (TPSA) is 79.0 Å². The molecule has 0 aromatic heterocycles. The molecule has 5 nitrogen and oxygen atoms in total. The molecule has 0 amide bonds. The van der Waals surface area contributed by atoms with Crippen LogP contribution in [0.3, 0.4) is 0 Å². The highest BCUT2D eigenvalue weighted by molar-refractivity contribution is 5.56. The fraction of sp³-hybridized carbons (Fsp3) is 0.188. The summed E-state index contributed by atoms with van der Waals surface area (Å²) in [7, 11) is 0. The number of nitrogens with one attached hydrogen (secondary N) is 1. The molecule has 0 spiro atoms. The van der Waals surface area contributed by atoms with Crippen molar-refractivity contribution in [1.82, 2.24) is 0 Å². The van der Waals surface area contributed by atoms with E-state index < -0.39 is 4.92 Å². The maximum atomic E-state index is 10.7. The second kappa shape index (κ2) is 6.06. The van der Waals surface area contributed by atoms with Crippen LogP contribution >= 0.6 is 0 Å². The van der Waals surface area contributed by atoms with E-state index in [-0.39, 0.29) is 11.7 Å². The van der Waals surface area contributed by atoms with Gasteiger partial charge in [-0.05, 0) is 43.2 Å². The van der Waals surface area contributed by atoms with Gasteiger partial charge in [-0.15, -0.1) is 0 Å². The highest BCUT2D eigenvalue weighted by Crippen LogP contribution is 2.25. The van der Waals surface area contributed by atoms with Crippen molar-refractivity contribution in [2.45, 2.75) is 19.9 Å². The van der Waals surface area contributed by atoms with Gasteiger partial charge in [-0.2, -0.15) is 5.26 Å². The molecule has 0 heterocycles. The normalized spacial score (nSPS) is 11.5. The minimum atomic E-state index is -0.402. The predicted octanol–water partition coefficient (Wildman–Crippen LogP) is 3.95. The van der Waals surface area contributed by atoms with Crippen LogP contribution in [0.1, 0.15) is 29.7 Å². The molecule has 106 valence electrons. The molecule has 2 aromatic rings. The fourth-order valence-electron chi connectivity index (χ4n) is 2.09. The van der Waals surface area contributed by atoms with Gasteiger partial charge < -0.3 is 5.32 Å². The SMILES string of the molecule is Cc1cc([N+](=O)[O-])ccc1NC(C)c1ccc(C#N)cc1. The third kappa shape index (κ3) is 3.37. The number of nitro groups is 1. The number of hydrogen-bond acceptors (Lipinski definition) is 4. The van der Waals surface area contributed by atoms with Crippen molar-refractivity contribution >= 4 is 11.4 Å². The van der Waals surface area contributed by atoms with Crippen molar-refractivity contribution in [3.63, 3.8) is 0 Å². The molecule has 0 fully saturated rings. The Morgan fingerprint density at radius 1 is 1.24 bits per heavy atom. The summed E-state index contributed by atoms with van der Waals surface area (Å²) in [4.78, 5) is 10.3. The number of hydrogen-bond donors (Lipinski definition) is 1. The molecule has 0 bridgehead atoms. The van der Waals surface area contributed by atoms with Gasteiger partial charge in [0.25, 0.3) is 5.69 Å². The Balaban J connectivity index is 2.17. The first-order valence-electron chi connectivity index (χ1n) is 6.53. The highest BCUT2D eigenvalue weighted by atomic mass is 16.6. The number of non-ortho nitro benzene ring substituents is 1. The molecule has 0 saturated heterocycles. The smallest absolute Gasteiger partial charge is 0.269 e. The lowest BCUT2D eigenvalue weighted by molar-refractivity contribution is -0.384. The first kappa shape index (κ1) is 14.5. The van der Waals surface area contributed by atoms with Crippen LogP contribution < -0.4 is 5.32 Å². The summed E-state index contributed by atoms with van der Waals surface area (Å²) in [5.74, 6) is 0. The van der Waals surface area contributed by atoms with Crippen LogP contribution in [0.25, 0.3) is 0 Å². The van der Waals surface area contributed by atoms with Crippen LogP contribution in [0, 0.1) is 28.4 Å². The standard InChI is InChI=1S/C16H15N3O2/c1-11-9-15(19(20)21)7-8-16(11)18-12(2)14-5-3-13(10-17)4-6-14/h3-9,12,18H,1-2H3. The lowest BCUT2D eigenvalue weighted by atomic mass is 10.1. The molecule has 5 heteroatoms. The van der Waals surface area contributed by atoms with E-state index in [0.29, 0.717) is 5.56 Å². The third-order valence-electron chi connectivity index (χ3n) is 3.33. The quantitative estimate of drug-likeness (QED) is 0.679. The van der Waals surface area contributed by atoms with Crippen LogP contribution in [0.5, 0.6) is 0 Å². The Hall–Kier alpha value is -2.87. The Morgan fingerprint density at radius 2 is 1.90 bits per heavy atom. The van der Waals surface area contributed by atoms with Gasteiger partial charge >= 0.3 is 0 Å². The van der Waals surface area contributed by atoms with Crippen LogP contribution in [0.4, 0.5) is 11.4 Å². The summed E-state index contributed by atoms with van der Waals surface area (Å²) in [5.41, 5.74) is 3.44. The third-order valence-corrected chi connectivity index (χ3v) is 3.33. The monoisotopic (exact) mass is 281 g/mol. The minimum Gasteiger partial charge on any atom is -0.378 e. The molecule has 21 heavy (non-hydrogen) atoms. The van der Waals surface area contributed by atoms with E-state index in [0.717, 1.165) is 16.8 Å². The molecule has 1 unspecified atom stereocenters. The summed E-state index contributed by atoms with van der Waals surface area (Å²) < 4.78 is 0. The second-order valence-electron chi connectivity index (χ2n) is 4.86. The first-order valence-corrected chi connectivity index (χ1v) is 6.53. The van der Waals surface area contributed by atoms with Gasteiger partial charge in [0, 0.05) is 23.9 Å². The van der Waals surface area contributed by atoms with Gasteiger partial charge in [0.15, 0.2) is 0 Å². The Morgan fingerprint density at radius 3 is 2.43 bits per heavy atom. The van der Waals surface area contributed by atoms with Crippen molar-refractivity contribution < 1.29 is 4.92 Å². The number of aryl methyl sites for hydroxylation is 1. The number of anilines is 1.